The zero-order valence-corrected chi connectivity index (χ0v) is 18.6. The molecule has 2 heteroatoms. The van der Waals surface area contributed by atoms with Crippen LogP contribution in [0.15, 0.2) is 48.5 Å². The highest BCUT2D eigenvalue weighted by molar-refractivity contribution is 5.81. The van der Waals surface area contributed by atoms with E-state index in [1.165, 1.54) is 10.8 Å². The number of ether oxygens (including phenoxy) is 2. The van der Waals surface area contributed by atoms with Gasteiger partial charge in [-0.25, -0.2) is 0 Å². The van der Waals surface area contributed by atoms with E-state index in [0.717, 1.165) is 19.6 Å². The van der Waals surface area contributed by atoms with E-state index in [1.807, 2.05) is 55.4 Å². The lowest BCUT2D eigenvalue weighted by Crippen LogP contribution is -1.94. The Morgan fingerprint density at radius 3 is 0.960 bits per heavy atom. The van der Waals surface area contributed by atoms with Crippen molar-refractivity contribution in [3.05, 3.63) is 48.5 Å². The fraction of sp³-hybridized carbons (Fsp3) is 0.565. The Bertz CT molecular complexity index is 344. The molecule has 0 radical (unpaired) electrons. The number of hydrogen-bond donors (Lipinski definition) is 0. The Balaban J connectivity index is -0.000000130. The number of hydrogen-bond acceptors (Lipinski definition) is 2. The maximum absolute atomic E-state index is 4.76. The Hall–Kier alpha value is -1.38. The number of rotatable bonds is 4. The van der Waals surface area contributed by atoms with E-state index < -0.39 is 0 Å². The molecule has 0 bridgehead atoms. The minimum atomic E-state index is 0.799. The van der Waals surface area contributed by atoms with Crippen LogP contribution in [0.25, 0.3) is 10.8 Å². The van der Waals surface area contributed by atoms with Crippen LogP contribution in [-0.4, -0.2) is 27.4 Å². The van der Waals surface area contributed by atoms with Gasteiger partial charge in [-0.2, -0.15) is 0 Å². The fourth-order valence-electron chi connectivity index (χ4n) is 1.48. The molecule has 2 nitrogen and oxygen atoms in total. The highest BCUT2D eigenvalue weighted by atomic mass is 16.5. The van der Waals surface area contributed by atoms with E-state index in [9.17, 15) is 0 Å². The van der Waals surface area contributed by atoms with Gasteiger partial charge in [-0.1, -0.05) is 104 Å². The van der Waals surface area contributed by atoms with E-state index in [1.54, 1.807) is 14.2 Å². The molecule has 0 atom stereocenters. The van der Waals surface area contributed by atoms with Crippen molar-refractivity contribution >= 4 is 10.8 Å². The van der Waals surface area contributed by atoms with Crippen molar-refractivity contribution in [2.24, 2.45) is 0 Å². The average Bonchev–Trinajstić information content (AvgIpc) is 2.75. The van der Waals surface area contributed by atoms with Gasteiger partial charge in [0, 0.05) is 27.4 Å². The smallest absolute Gasteiger partial charge is 0.0484 e. The van der Waals surface area contributed by atoms with Crippen molar-refractivity contribution in [1.29, 1.82) is 0 Å². The zero-order valence-electron chi connectivity index (χ0n) is 18.6. The van der Waals surface area contributed by atoms with Gasteiger partial charge in [-0.05, 0) is 17.2 Å². The maximum Gasteiger partial charge on any atom is 0.0484 e. The van der Waals surface area contributed by atoms with Crippen molar-refractivity contribution in [1.82, 2.24) is 0 Å². The zero-order chi connectivity index (χ0) is 20.3. The molecule has 0 spiro atoms. The Kier molecular flexibility index (Phi) is 42.8. The first-order chi connectivity index (χ1) is 12.4. The molecule has 0 saturated carbocycles. The third-order valence-corrected chi connectivity index (χ3v) is 2.36. The topological polar surface area (TPSA) is 18.5 Å². The summed E-state index contributed by atoms with van der Waals surface area (Å²) in [5.74, 6) is 0. The summed E-state index contributed by atoms with van der Waals surface area (Å²) in [5.41, 5.74) is 0. The summed E-state index contributed by atoms with van der Waals surface area (Å²) in [4.78, 5) is 0. The minimum Gasteiger partial charge on any atom is -0.385 e. The molecule has 0 aliphatic carbocycles. The van der Waals surface area contributed by atoms with E-state index >= 15 is 0 Å². The van der Waals surface area contributed by atoms with Gasteiger partial charge in [-0.3, -0.25) is 0 Å². The highest BCUT2D eigenvalue weighted by Gasteiger charge is 1.85. The van der Waals surface area contributed by atoms with Crippen LogP contribution in [-0.2, 0) is 9.47 Å². The van der Waals surface area contributed by atoms with Crippen molar-refractivity contribution in [3.8, 4) is 0 Å². The lowest BCUT2D eigenvalue weighted by molar-refractivity contribution is 0.138. The van der Waals surface area contributed by atoms with Gasteiger partial charge in [0.2, 0.25) is 0 Å². The maximum atomic E-state index is 4.76. The lowest BCUT2D eigenvalue weighted by atomic mass is 10.1. The quantitative estimate of drug-likeness (QED) is 0.527. The normalized spacial score (nSPS) is 7.60. The number of methoxy groups -OCH3 is 2. The summed E-state index contributed by atoms with van der Waals surface area (Å²) in [6.45, 7) is 17.6. The molecule has 0 heterocycles. The summed E-state index contributed by atoms with van der Waals surface area (Å²) in [7, 11) is 3.38. The molecule has 25 heavy (non-hydrogen) atoms. The average molecular weight is 353 g/mol. The standard InChI is InChI=1S/C10H8.C5H12O2.4C2H6/c1-2-6-10-8-4-3-7-9(10)5-1;1-6-4-3-5-7-2;4*1-2/h1-8H;3-5H2,1-2H3;4*1-2H3. The van der Waals surface area contributed by atoms with E-state index in [2.05, 4.69) is 48.5 Å². The summed E-state index contributed by atoms with van der Waals surface area (Å²) in [5, 5.41) is 2.62. The minimum absolute atomic E-state index is 0.799. The monoisotopic (exact) mass is 352 g/mol. The third-order valence-electron chi connectivity index (χ3n) is 2.36. The van der Waals surface area contributed by atoms with Gasteiger partial charge in [-0.15, -0.1) is 0 Å². The predicted molar refractivity (Wildman–Crippen MR) is 118 cm³/mol. The molecule has 0 saturated heterocycles. The van der Waals surface area contributed by atoms with Crippen LogP contribution in [0.3, 0.4) is 0 Å². The van der Waals surface area contributed by atoms with Crippen LogP contribution in [0, 0.1) is 0 Å². The first kappa shape index (κ1) is 31.4. The summed E-state index contributed by atoms with van der Waals surface area (Å²) in [6.07, 6.45) is 0.993. The molecule has 0 aliphatic heterocycles. The van der Waals surface area contributed by atoms with Gasteiger partial charge in [0.05, 0.1) is 0 Å². The molecular weight excluding hydrogens is 308 g/mol. The molecule has 0 N–H and O–H groups in total. The Morgan fingerprint density at radius 1 is 0.520 bits per heavy atom. The molecule has 2 aromatic rings. The Labute approximate surface area is 158 Å². The van der Waals surface area contributed by atoms with Gasteiger partial charge < -0.3 is 9.47 Å². The van der Waals surface area contributed by atoms with E-state index in [4.69, 9.17) is 9.47 Å². The van der Waals surface area contributed by atoms with Crippen LogP contribution in [0.5, 0.6) is 0 Å². The SMILES string of the molecule is CC.CC.CC.CC.COCCCOC.c1ccc2ccccc2c1. The van der Waals surface area contributed by atoms with Crippen molar-refractivity contribution in [2.75, 3.05) is 27.4 Å². The summed E-state index contributed by atoms with van der Waals surface area (Å²) < 4.78 is 9.53. The molecule has 0 amide bonds. The van der Waals surface area contributed by atoms with Crippen LogP contribution in [0.1, 0.15) is 61.8 Å². The molecule has 0 aliphatic rings. The third kappa shape index (κ3) is 22.6. The van der Waals surface area contributed by atoms with Crippen LogP contribution >= 0.6 is 0 Å². The van der Waals surface area contributed by atoms with E-state index in [-0.39, 0.29) is 0 Å². The number of fused-ring (bicyclic) bond motifs is 1. The second kappa shape index (κ2) is 34.1. The summed E-state index contributed by atoms with van der Waals surface area (Å²) >= 11 is 0. The Morgan fingerprint density at radius 2 is 0.760 bits per heavy atom. The molecular formula is C23H44O2. The predicted octanol–water partition coefficient (Wildman–Crippen LogP) is 7.61. The van der Waals surface area contributed by atoms with E-state index in [0.29, 0.717) is 0 Å². The molecule has 2 rings (SSSR count). The van der Waals surface area contributed by atoms with Gasteiger partial charge >= 0.3 is 0 Å². The van der Waals surface area contributed by atoms with Gasteiger partial charge in [0.25, 0.3) is 0 Å². The number of benzene rings is 2. The highest BCUT2D eigenvalue weighted by Crippen LogP contribution is 2.11. The largest absolute Gasteiger partial charge is 0.385 e. The van der Waals surface area contributed by atoms with Crippen molar-refractivity contribution in [2.45, 2.75) is 61.8 Å². The lowest BCUT2D eigenvalue weighted by Gasteiger charge is -1.94. The van der Waals surface area contributed by atoms with Crippen molar-refractivity contribution < 1.29 is 9.47 Å². The van der Waals surface area contributed by atoms with Crippen molar-refractivity contribution in [3.63, 3.8) is 0 Å². The van der Waals surface area contributed by atoms with Crippen LogP contribution in [0.4, 0.5) is 0 Å². The van der Waals surface area contributed by atoms with Gasteiger partial charge in [0.15, 0.2) is 0 Å². The first-order valence-electron chi connectivity index (χ1n) is 9.80. The molecule has 0 fully saturated rings. The molecule has 2 aromatic carbocycles. The van der Waals surface area contributed by atoms with Crippen LogP contribution < -0.4 is 0 Å². The van der Waals surface area contributed by atoms with Gasteiger partial charge in [0.1, 0.15) is 0 Å². The van der Waals surface area contributed by atoms with Crippen LogP contribution in [0.2, 0.25) is 0 Å². The fourth-order valence-corrected chi connectivity index (χ4v) is 1.48. The molecule has 0 unspecified atom stereocenters. The summed E-state index contributed by atoms with van der Waals surface area (Å²) in [6, 6.07) is 16.7. The molecule has 0 aromatic heterocycles. The second-order valence-corrected chi connectivity index (χ2v) is 3.69. The second-order valence-electron chi connectivity index (χ2n) is 3.69. The molecule has 148 valence electrons. The first-order valence-corrected chi connectivity index (χ1v) is 9.80.